The van der Waals surface area contributed by atoms with Gasteiger partial charge in [-0.05, 0) is 83.9 Å². The van der Waals surface area contributed by atoms with Gasteiger partial charge >= 0.3 is 0 Å². The van der Waals surface area contributed by atoms with Gasteiger partial charge in [-0.25, -0.2) is 26.9 Å². The Hall–Kier alpha value is -4.76. The topological polar surface area (TPSA) is 77.7 Å². The van der Waals surface area contributed by atoms with Crippen LogP contribution in [-0.4, -0.2) is 34.4 Å². The van der Waals surface area contributed by atoms with Gasteiger partial charge in [0, 0.05) is 40.7 Å². The highest BCUT2D eigenvalue weighted by Gasteiger charge is 2.23. The largest absolute Gasteiger partial charge is 0.265 e. The first-order valence-corrected chi connectivity index (χ1v) is 13.8. The van der Waals surface area contributed by atoms with E-state index in [2.05, 4.69) is 10.1 Å². The number of halogens is 2. The fourth-order valence-corrected chi connectivity index (χ4v) is 5.23. The monoisotopic (exact) mass is 538 g/mol. The van der Waals surface area contributed by atoms with E-state index in [1.807, 2.05) is 12.1 Å². The highest BCUT2D eigenvalue weighted by Crippen LogP contribution is 2.43. The molecule has 3 aromatic carbocycles. The normalized spacial score (nSPS) is 11.7. The van der Waals surface area contributed by atoms with E-state index >= 15 is 0 Å². The molecule has 9 heteroatoms. The quantitative estimate of drug-likeness (QED) is 0.250. The molecule has 3 aromatic heterocycles. The lowest BCUT2D eigenvalue weighted by Gasteiger charge is -2.17. The van der Waals surface area contributed by atoms with Gasteiger partial charge in [-0.2, -0.15) is 5.10 Å². The van der Waals surface area contributed by atoms with Crippen LogP contribution < -0.4 is 0 Å². The molecule has 0 bridgehead atoms. The van der Waals surface area contributed by atoms with Crippen LogP contribution in [0.25, 0.3) is 50.2 Å². The molecule has 192 valence electrons. The van der Waals surface area contributed by atoms with Crippen LogP contribution in [0.1, 0.15) is 0 Å². The average Bonchev–Trinajstić information content (AvgIpc) is 3.37. The van der Waals surface area contributed by atoms with E-state index in [1.165, 1.54) is 36.4 Å². The highest BCUT2D eigenvalue weighted by molar-refractivity contribution is 7.90. The number of sulfone groups is 1. The van der Waals surface area contributed by atoms with Gasteiger partial charge in [0.2, 0.25) is 0 Å². The number of fused-ring (bicyclic) bond motifs is 1. The van der Waals surface area contributed by atoms with E-state index in [0.717, 1.165) is 28.5 Å². The first-order valence-electron chi connectivity index (χ1n) is 11.9. The van der Waals surface area contributed by atoms with Crippen molar-refractivity contribution in [3.05, 3.63) is 115 Å². The minimum absolute atomic E-state index is 0.189. The molecule has 0 atom stereocenters. The standard InChI is InChI=1S/C30H20F2N4O2S/c1-39(37,38)25-12-10-24(11-13-25)36-30-26(18-34-36)27(19-2-6-22(31)7-3-19)28(20-14-16-33-17-15-20)29(35-30)21-4-8-23(32)9-5-21/h2-18H,1H3. The van der Waals surface area contributed by atoms with Crippen molar-refractivity contribution in [2.75, 3.05) is 6.26 Å². The number of hydrogen-bond acceptors (Lipinski definition) is 5. The van der Waals surface area contributed by atoms with Crippen LogP contribution in [-0.2, 0) is 9.84 Å². The number of pyridine rings is 2. The molecule has 0 N–H and O–H groups in total. The molecular formula is C30H20F2N4O2S. The molecule has 0 unspecified atom stereocenters. The maximum absolute atomic E-state index is 13.9. The number of aromatic nitrogens is 4. The third-order valence-corrected chi connectivity index (χ3v) is 7.58. The molecule has 39 heavy (non-hydrogen) atoms. The van der Waals surface area contributed by atoms with Gasteiger partial charge in [0.25, 0.3) is 0 Å². The number of hydrogen-bond donors (Lipinski definition) is 0. The fourth-order valence-electron chi connectivity index (χ4n) is 4.60. The van der Waals surface area contributed by atoms with Crippen molar-refractivity contribution in [3.63, 3.8) is 0 Å². The maximum atomic E-state index is 13.9. The summed E-state index contributed by atoms with van der Waals surface area (Å²) >= 11 is 0. The Morgan fingerprint density at radius 3 is 1.85 bits per heavy atom. The summed E-state index contributed by atoms with van der Waals surface area (Å²) in [7, 11) is -3.37. The van der Waals surface area contributed by atoms with E-state index in [4.69, 9.17) is 4.98 Å². The van der Waals surface area contributed by atoms with Crippen LogP contribution in [0.5, 0.6) is 0 Å². The Kier molecular flexibility index (Phi) is 6.00. The Balaban J connectivity index is 1.71. The van der Waals surface area contributed by atoms with E-state index in [1.54, 1.807) is 59.7 Å². The molecule has 3 heterocycles. The molecule has 0 fully saturated rings. The third kappa shape index (κ3) is 4.57. The highest BCUT2D eigenvalue weighted by atomic mass is 32.2. The van der Waals surface area contributed by atoms with Gasteiger partial charge in [0.1, 0.15) is 11.6 Å². The lowest BCUT2D eigenvalue weighted by molar-refractivity contribution is 0.602. The SMILES string of the molecule is CS(=O)(=O)c1ccc(-n2ncc3c(-c4ccc(F)cc4)c(-c4ccncc4)c(-c4ccc(F)cc4)nc32)cc1. The summed E-state index contributed by atoms with van der Waals surface area (Å²) in [5.74, 6) is -0.741. The Morgan fingerprint density at radius 1 is 0.692 bits per heavy atom. The third-order valence-electron chi connectivity index (χ3n) is 6.45. The van der Waals surface area contributed by atoms with E-state index < -0.39 is 9.84 Å². The lowest BCUT2D eigenvalue weighted by Crippen LogP contribution is -2.02. The van der Waals surface area contributed by atoms with Crippen LogP contribution in [0, 0.1) is 11.6 Å². The van der Waals surface area contributed by atoms with Crippen LogP contribution in [0.15, 0.2) is 108 Å². The zero-order valence-electron chi connectivity index (χ0n) is 20.6. The smallest absolute Gasteiger partial charge is 0.175 e. The molecule has 0 amide bonds. The zero-order valence-corrected chi connectivity index (χ0v) is 21.4. The van der Waals surface area contributed by atoms with Crippen molar-refractivity contribution in [1.82, 2.24) is 19.7 Å². The summed E-state index contributed by atoms with van der Waals surface area (Å²) in [6.45, 7) is 0. The molecule has 0 radical (unpaired) electrons. The van der Waals surface area contributed by atoms with Gasteiger partial charge in [-0.1, -0.05) is 12.1 Å². The van der Waals surface area contributed by atoms with Gasteiger partial charge < -0.3 is 0 Å². The van der Waals surface area contributed by atoms with Gasteiger partial charge in [0.05, 0.1) is 22.5 Å². The summed E-state index contributed by atoms with van der Waals surface area (Å²) in [5, 5.41) is 5.30. The molecule has 6 nitrogen and oxygen atoms in total. The van der Waals surface area contributed by atoms with Crippen LogP contribution >= 0.6 is 0 Å². The minimum atomic E-state index is -3.37. The average molecular weight is 539 g/mol. The van der Waals surface area contributed by atoms with Gasteiger partial charge in [-0.3, -0.25) is 4.98 Å². The summed E-state index contributed by atoms with van der Waals surface area (Å²) in [6, 6.07) is 22.3. The Morgan fingerprint density at radius 2 is 1.26 bits per heavy atom. The first-order chi connectivity index (χ1) is 18.8. The predicted molar refractivity (Wildman–Crippen MR) is 146 cm³/mol. The van der Waals surface area contributed by atoms with Crippen molar-refractivity contribution in [2.24, 2.45) is 0 Å². The van der Waals surface area contributed by atoms with Crippen LogP contribution in [0.2, 0.25) is 0 Å². The summed E-state index contributed by atoms with van der Waals surface area (Å²) in [5.41, 5.74) is 5.44. The lowest BCUT2D eigenvalue weighted by atomic mass is 9.89. The van der Waals surface area contributed by atoms with E-state index in [9.17, 15) is 17.2 Å². The number of nitrogens with zero attached hydrogens (tertiary/aromatic N) is 4. The second-order valence-electron chi connectivity index (χ2n) is 9.02. The number of rotatable bonds is 5. The molecule has 0 aliphatic rings. The van der Waals surface area contributed by atoms with Gasteiger partial charge in [-0.15, -0.1) is 0 Å². The second kappa shape index (κ2) is 9.52. The fraction of sp³-hybridized carbons (Fsp3) is 0.0333. The number of benzene rings is 3. The summed E-state index contributed by atoms with van der Waals surface area (Å²) in [4.78, 5) is 9.37. The zero-order chi connectivity index (χ0) is 27.1. The summed E-state index contributed by atoms with van der Waals surface area (Å²) in [6.07, 6.45) is 6.19. The van der Waals surface area contributed by atoms with Crippen molar-refractivity contribution < 1.29 is 17.2 Å². The molecule has 0 saturated heterocycles. The molecular weight excluding hydrogens is 518 g/mol. The molecule has 0 saturated carbocycles. The predicted octanol–water partition coefficient (Wildman–Crippen LogP) is 6.50. The van der Waals surface area contributed by atoms with E-state index in [0.29, 0.717) is 28.0 Å². The van der Waals surface area contributed by atoms with Crippen molar-refractivity contribution >= 4 is 20.9 Å². The van der Waals surface area contributed by atoms with Crippen molar-refractivity contribution in [1.29, 1.82) is 0 Å². The second-order valence-corrected chi connectivity index (χ2v) is 11.0. The molecule has 0 aliphatic carbocycles. The first kappa shape index (κ1) is 24.6. The van der Waals surface area contributed by atoms with Crippen LogP contribution in [0.4, 0.5) is 8.78 Å². The van der Waals surface area contributed by atoms with E-state index in [-0.39, 0.29) is 16.5 Å². The van der Waals surface area contributed by atoms with Crippen LogP contribution in [0.3, 0.4) is 0 Å². The maximum Gasteiger partial charge on any atom is 0.175 e. The Labute approximate surface area is 223 Å². The summed E-state index contributed by atoms with van der Waals surface area (Å²) < 4.78 is 53.4. The molecule has 6 aromatic rings. The molecule has 6 rings (SSSR count). The molecule has 0 aliphatic heterocycles. The van der Waals surface area contributed by atoms with Crippen molar-refractivity contribution in [3.8, 4) is 39.2 Å². The molecule has 0 spiro atoms. The minimum Gasteiger partial charge on any atom is -0.265 e. The Bertz CT molecular complexity index is 1920. The van der Waals surface area contributed by atoms with Crippen molar-refractivity contribution in [2.45, 2.75) is 4.90 Å². The van der Waals surface area contributed by atoms with Gasteiger partial charge in [0.15, 0.2) is 15.5 Å².